The highest BCUT2D eigenvalue weighted by atomic mass is 16.2. The van der Waals surface area contributed by atoms with Crippen molar-refractivity contribution in [3.05, 3.63) is 0 Å². The molecule has 4 atom stereocenters. The Balaban J connectivity index is 1.52. The van der Waals surface area contributed by atoms with Gasteiger partial charge in [0.05, 0.1) is 5.92 Å². The normalized spacial score (nSPS) is 40.6. The number of piperidine rings is 2. The van der Waals surface area contributed by atoms with Gasteiger partial charge < -0.3 is 10.6 Å². The van der Waals surface area contributed by atoms with Gasteiger partial charge in [-0.25, -0.2) is 0 Å². The number of likely N-dealkylation sites (N-methyl/N-ethyl adjacent to an activating group) is 1. The molecule has 5 aliphatic rings. The molecule has 0 spiro atoms. The molecule has 6 heteroatoms. The van der Waals surface area contributed by atoms with Crippen LogP contribution >= 0.6 is 0 Å². The maximum Gasteiger partial charge on any atom is 0.231 e. The zero-order chi connectivity index (χ0) is 15.6. The molecule has 5 rings (SSSR count). The van der Waals surface area contributed by atoms with Crippen LogP contribution in [0.2, 0.25) is 0 Å². The van der Waals surface area contributed by atoms with E-state index in [1.54, 1.807) is 0 Å². The second-order valence-corrected chi connectivity index (χ2v) is 7.55. The number of fused-ring (bicyclic) bond motifs is 3. The first-order valence-corrected chi connectivity index (χ1v) is 8.30. The van der Waals surface area contributed by atoms with E-state index >= 15 is 0 Å². The van der Waals surface area contributed by atoms with Crippen molar-refractivity contribution in [2.45, 2.75) is 44.2 Å². The number of amides is 2. The van der Waals surface area contributed by atoms with Crippen molar-refractivity contribution in [2.75, 3.05) is 20.1 Å². The van der Waals surface area contributed by atoms with Gasteiger partial charge in [0, 0.05) is 31.1 Å². The Morgan fingerprint density at radius 3 is 2.23 bits per heavy atom. The highest BCUT2D eigenvalue weighted by Crippen LogP contribution is 2.58. The summed E-state index contributed by atoms with van der Waals surface area (Å²) in [4.78, 5) is 41.4. The molecule has 6 nitrogen and oxygen atoms in total. The Bertz CT molecular complexity index is 559. The topological polar surface area (TPSA) is 83.7 Å². The van der Waals surface area contributed by atoms with Crippen LogP contribution in [0.3, 0.4) is 0 Å². The van der Waals surface area contributed by atoms with Crippen molar-refractivity contribution in [2.24, 2.45) is 23.0 Å². The smallest absolute Gasteiger partial charge is 0.231 e. The van der Waals surface area contributed by atoms with Crippen LogP contribution in [0.1, 0.15) is 32.1 Å². The van der Waals surface area contributed by atoms with Gasteiger partial charge in [-0.15, -0.1) is 0 Å². The molecule has 0 aromatic rings. The Morgan fingerprint density at radius 1 is 1.05 bits per heavy atom. The van der Waals surface area contributed by atoms with E-state index in [1.807, 2.05) is 4.90 Å². The number of hydrogen-bond acceptors (Lipinski definition) is 4. The molecular formula is C16H23N3O3. The lowest BCUT2D eigenvalue weighted by Crippen LogP contribution is -2.63. The fraction of sp³-hybridized carbons (Fsp3) is 0.812. The molecule has 0 aromatic heterocycles. The van der Waals surface area contributed by atoms with Crippen LogP contribution < -0.4 is 5.73 Å². The Labute approximate surface area is 130 Å². The third kappa shape index (κ3) is 1.86. The van der Waals surface area contributed by atoms with Gasteiger partial charge in [0.1, 0.15) is 5.41 Å². The van der Waals surface area contributed by atoms with Gasteiger partial charge in [0.15, 0.2) is 5.78 Å². The van der Waals surface area contributed by atoms with E-state index in [-0.39, 0.29) is 23.7 Å². The number of nitrogens with zero attached hydrogens (tertiary/aromatic N) is 2. The molecule has 2 aliphatic carbocycles. The Hall–Kier alpha value is -1.43. The summed E-state index contributed by atoms with van der Waals surface area (Å²) in [5.41, 5.74) is 4.34. The van der Waals surface area contributed by atoms with Crippen molar-refractivity contribution >= 4 is 17.6 Å². The SMILES string of the molecule is CN1CC2CCC1CN2C(=O)C1CC1(C(N)=O)C(=O)C1CC1. The number of Topliss-reactive ketones (excluding diaryl/α,β-unsaturated/α-hetero) is 1. The second kappa shape index (κ2) is 4.54. The van der Waals surface area contributed by atoms with E-state index < -0.39 is 17.2 Å². The summed E-state index contributed by atoms with van der Waals surface area (Å²) in [6, 6.07) is 0.638. The van der Waals surface area contributed by atoms with Crippen molar-refractivity contribution in [3.63, 3.8) is 0 Å². The third-order valence-electron chi connectivity index (χ3n) is 6.17. The summed E-state index contributed by atoms with van der Waals surface area (Å²) >= 11 is 0. The summed E-state index contributed by atoms with van der Waals surface area (Å²) in [6.45, 7) is 1.62. The van der Waals surface area contributed by atoms with Crippen LogP contribution in [0.4, 0.5) is 0 Å². The first-order chi connectivity index (χ1) is 10.4. The molecule has 22 heavy (non-hydrogen) atoms. The second-order valence-electron chi connectivity index (χ2n) is 7.55. The van der Waals surface area contributed by atoms with E-state index in [9.17, 15) is 14.4 Å². The molecular weight excluding hydrogens is 282 g/mol. The third-order valence-corrected chi connectivity index (χ3v) is 6.17. The number of carbonyl (C=O) groups excluding carboxylic acids is 3. The van der Waals surface area contributed by atoms with Crippen molar-refractivity contribution in [3.8, 4) is 0 Å². The predicted octanol–water partition coefficient (Wildman–Crippen LogP) is -0.238. The number of piperazine rings is 1. The number of nitrogens with two attached hydrogens (primary N) is 1. The number of primary amides is 1. The van der Waals surface area contributed by atoms with Gasteiger partial charge in [-0.3, -0.25) is 19.3 Å². The van der Waals surface area contributed by atoms with Crippen molar-refractivity contribution in [1.29, 1.82) is 0 Å². The van der Waals surface area contributed by atoms with E-state index in [1.165, 1.54) is 0 Å². The van der Waals surface area contributed by atoms with Gasteiger partial charge in [0.25, 0.3) is 0 Å². The van der Waals surface area contributed by atoms with Crippen LogP contribution in [0.15, 0.2) is 0 Å². The standard InChI is InChI=1S/C16H23N3O3/c1-18-7-11-5-4-10(18)8-19(11)14(21)12-6-16(12,15(17)22)13(20)9-2-3-9/h9-12H,2-8H2,1H3,(H2,17,22). The molecule has 3 saturated heterocycles. The lowest BCUT2D eigenvalue weighted by molar-refractivity contribution is -0.147. The van der Waals surface area contributed by atoms with Gasteiger partial charge >= 0.3 is 0 Å². The molecule has 5 fully saturated rings. The van der Waals surface area contributed by atoms with Crippen molar-refractivity contribution in [1.82, 2.24) is 9.80 Å². The average molecular weight is 305 g/mol. The van der Waals surface area contributed by atoms with Gasteiger partial charge in [-0.05, 0) is 39.2 Å². The number of carbonyl (C=O) groups is 3. The fourth-order valence-electron chi connectivity index (χ4n) is 4.45. The largest absolute Gasteiger partial charge is 0.369 e. The molecule has 0 radical (unpaired) electrons. The molecule has 2 amide bonds. The lowest BCUT2D eigenvalue weighted by atomic mass is 9.89. The zero-order valence-electron chi connectivity index (χ0n) is 13.0. The molecule has 3 aliphatic heterocycles. The minimum atomic E-state index is -1.18. The summed E-state index contributed by atoms with van der Waals surface area (Å²) in [7, 11) is 2.10. The molecule has 2 N–H and O–H groups in total. The minimum Gasteiger partial charge on any atom is -0.369 e. The Morgan fingerprint density at radius 2 is 1.73 bits per heavy atom. The van der Waals surface area contributed by atoms with E-state index in [0.29, 0.717) is 12.5 Å². The van der Waals surface area contributed by atoms with Crippen LogP contribution in [0.5, 0.6) is 0 Å². The minimum absolute atomic E-state index is 0.0180. The average Bonchev–Trinajstić information content (AvgIpc) is 3.38. The molecule has 0 aromatic carbocycles. The molecule has 3 heterocycles. The van der Waals surface area contributed by atoms with E-state index in [2.05, 4.69) is 11.9 Å². The summed E-state index contributed by atoms with van der Waals surface area (Å²) in [6.07, 6.45) is 4.16. The molecule has 2 bridgehead atoms. The Kier molecular flexibility index (Phi) is 2.92. The molecule has 4 unspecified atom stereocenters. The first kappa shape index (κ1) is 14.2. The van der Waals surface area contributed by atoms with Crippen LogP contribution in [0.25, 0.3) is 0 Å². The highest BCUT2D eigenvalue weighted by molar-refractivity contribution is 6.14. The lowest BCUT2D eigenvalue weighted by Gasteiger charge is -2.50. The predicted molar refractivity (Wildman–Crippen MR) is 78.6 cm³/mol. The number of hydrogen-bond donors (Lipinski definition) is 1. The molecule has 2 saturated carbocycles. The van der Waals surface area contributed by atoms with E-state index in [4.69, 9.17) is 5.73 Å². The quantitative estimate of drug-likeness (QED) is 0.727. The van der Waals surface area contributed by atoms with E-state index in [0.717, 1.165) is 38.8 Å². The summed E-state index contributed by atoms with van der Waals surface area (Å²) in [5.74, 6) is -1.22. The van der Waals surface area contributed by atoms with Gasteiger partial charge in [-0.1, -0.05) is 0 Å². The van der Waals surface area contributed by atoms with Crippen LogP contribution in [0, 0.1) is 17.3 Å². The molecule has 120 valence electrons. The maximum absolute atomic E-state index is 12.9. The summed E-state index contributed by atoms with van der Waals surface area (Å²) in [5, 5.41) is 0. The monoisotopic (exact) mass is 305 g/mol. The van der Waals surface area contributed by atoms with Gasteiger partial charge in [-0.2, -0.15) is 0 Å². The first-order valence-electron chi connectivity index (χ1n) is 8.30. The van der Waals surface area contributed by atoms with Crippen LogP contribution in [-0.2, 0) is 14.4 Å². The highest BCUT2D eigenvalue weighted by Gasteiger charge is 2.70. The summed E-state index contributed by atoms with van der Waals surface area (Å²) < 4.78 is 0. The number of rotatable bonds is 4. The van der Waals surface area contributed by atoms with Crippen molar-refractivity contribution < 1.29 is 14.4 Å². The fourth-order valence-corrected chi connectivity index (χ4v) is 4.45. The maximum atomic E-state index is 12.9. The van der Waals surface area contributed by atoms with Crippen LogP contribution in [-0.4, -0.2) is 59.6 Å². The van der Waals surface area contributed by atoms with Gasteiger partial charge in [0.2, 0.25) is 11.8 Å². The number of ketones is 1. The zero-order valence-corrected chi connectivity index (χ0v) is 13.0.